The van der Waals surface area contributed by atoms with Crippen molar-refractivity contribution in [1.82, 2.24) is 10.3 Å². The number of nitrogens with zero attached hydrogens (tertiary/aromatic N) is 1. The molecule has 1 fully saturated rings. The lowest BCUT2D eigenvalue weighted by atomic mass is 10.1. The molecule has 0 bridgehead atoms. The minimum absolute atomic E-state index is 0.0888. The molecular formula is C15H17ClN3O2+. The van der Waals surface area contributed by atoms with Crippen LogP contribution in [0.15, 0.2) is 24.3 Å². The van der Waals surface area contributed by atoms with Gasteiger partial charge in [0.1, 0.15) is 17.4 Å². The van der Waals surface area contributed by atoms with E-state index in [9.17, 15) is 4.79 Å². The molecule has 0 radical (unpaired) electrons. The molecule has 0 aliphatic carbocycles. The summed E-state index contributed by atoms with van der Waals surface area (Å²) in [7, 11) is 1.63. The Morgan fingerprint density at radius 2 is 2.29 bits per heavy atom. The summed E-state index contributed by atoms with van der Waals surface area (Å²) in [5, 5.41) is 4.35. The molecule has 6 heteroatoms. The number of nitrogens with one attached hydrogen (secondary N) is 2. The van der Waals surface area contributed by atoms with Crippen molar-refractivity contribution < 1.29 is 14.4 Å². The summed E-state index contributed by atoms with van der Waals surface area (Å²) in [4.78, 5) is 17.1. The summed E-state index contributed by atoms with van der Waals surface area (Å²) in [6, 6.07) is 7.79. The molecule has 3 rings (SSSR count). The van der Waals surface area contributed by atoms with Gasteiger partial charge in [-0.25, -0.2) is 4.98 Å². The van der Waals surface area contributed by atoms with Gasteiger partial charge in [0.2, 0.25) is 0 Å². The molecule has 5 nitrogen and oxygen atoms in total. The number of pyridine rings is 1. The zero-order chi connectivity index (χ0) is 14.8. The summed E-state index contributed by atoms with van der Waals surface area (Å²) in [6.07, 6.45) is 0. The van der Waals surface area contributed by atoms with Gasteiger partial charge in [0.15, 0.2) is 6.54 Å². The van der Waals surface area contributed by atoms with Gasteiger partial charge in [-0.2, -0.15) is 0 Å². The Labute approximate surface area is 127 Å². The summed E-state index contributed by atoms with van der Waals surface area (Å²) in [5.74, 6) is 0.850. The van der Waals surface area contributed by atoms with E-state index in [1.54, 1.807) is 7.11 Å². The predicted molar refractivity (Wildman–Crippen MR) is 80.7 cm³/mol. The van der Waals surface area contributed by atoms with E-state index >= 15 is 0 Å². The highest BCUT2D eigenvalue weighted by atomic mass is 35.5. The number of amides is 1. The van der Waals surface area contributed by atoms with E-state index in [2.05, 4.69) is 10.3 Å². The molecule has 21 heavy (non-hydrogen) atoms. The van der Waals surface area contributed by atoms with E-state index < -0.39 is 0 Å². The minimum atomic E-state index is 0.0888. The van der Waals surface area contributed by atoms with Gasteiger partial charge in [-0.15, -0.1) is 0 Å². The second-order valence-corrected chi connectivity index (χ2v) is 5.56. The number of aromatic nitrogens is 1. The lowest BCUT2D eigenvalue weighted by Gasteiger charge is -2.23. The topological polar surface area (TPSA) is 55.7 Å². The van der Waals surface area contributed by atoms with Gasteiger partial charge in [-0.05, 0) is 18.2 Å². The molecule has 1 aliphatic rings. The number of fused-ring (bicyclic) bond motifs is 1. The molecule has 0 spiro atoms. The normalized spacial score (nSPS) is 18.6. The first kappa shape index (κ1) is 14.1. The van der Waals surface area contributed by atoms with E-state index in [1.807, 2.05) is 24.3 Å². The van der Waals surface area contributed by atoms with E-state index in [4.69, 9.17) is 16.3 Å². The van der Waals surface area contributed by atoms with Crippen molar-refractivity contribution in [1.29, 1.82) is 0 Å². The number of halogens is 1. The number of benzene rings is 1. The van der Waals surface area contributed by atoms with Crippen molar-refractivity contribution >= 4 is 28.4 Å². The van der Waals surface area contributed by atoms with Crippen LogP contribution in [0.3, 0.4) is 0 Å². The summed E-state index contributed by atoms with van der Waals surface area (Å²) in [6.45, 7) is 2.81. The largest absolute Gasteiger partial charge is 0.497 e. The first-order valence-electron chi connectivity index (χ1n) is 6.89. The van der Waals surface area contributed by atoms with E-state index in [1.165, 1.54) is 4.90 Å². The average Bonchev–Trinajstić information content (AvgIpc) is 2.47. The second kappa shape index (κ2) is 5.87. The number of quaternary nitrogens is 1. The number of piperazine rings is 1. The van der Waals surface area contributed by atoms with Gasteiger partial charge >= 0.3 is 0 Å². The van der Waals surface area contributed by atoms with Gasteiger partial charge in [0, 0.05) is 17.0 Å². The molecule has 2 aromatic rings. The quantitative estimate of drug-likeness (QED) is 0.808. The Balaban J connectivity index is 1.88. The first-order chi connectivity index (χ1) is 10.2. The standard InChI is InChI=1S/C15H16ClN3O2/c1-21-12-3-2-10-6-11(15(16)18-13(10)7-12)8-19-5-4-17-14(20)9-19/h2-3,6-7H,4-5,8-9H2,1H3,(H,17,20)/p+1. The van der Waals surface area contributed by atoms with Crippen LogP contribution in [0.2, 0.25) is 5.15 Å². The van der Waals surface area contributed by atoms with E-state index in [-0.39, 0.29) is 5.91 Å². The third-order valence-electron chi connectivity index (χ3n) is 3.70. The van der Waals surface area contributed by atoms with Crippen LogP contribution in [-0.2, 0) is 11.3 Å². The number of hydrogen-bond donors (Lipinski definition) is 2. The molecule has 1 atom stereocenters. The minimum Gasteiger partial charge on any atom is -0.497 e. The molecule has 1 aliphatic heterocycles. The highest BCUT2D eigenvalue weighted by molar-refractivity contribution is 6.30. The molecule has 1 amide bonds. The van der Waals surface area contributed by atoms with Crippen molar-refractivity contribution in [2.24, 2.45) is 0 Å². The number of methoxy groups -OCH3 is 1. The number of ether oxygens (including phenoxy) is 1. The van der Waals surface area contributed by atoms with Gasteiger partial charge in [-0.3, -0.25) is 4.79 Å². The molecule has 2 N–H and O–H groups in total. The number of hydrogen-bond acceptors (Lipinski definition) is 3. The highest BCUT2D eigenvalue weighted by Crippen LogP contribution is 2.23. The van der Waals surface area contributed by atoms with Crippen molar-refractivity contribution in [2.45, 2.75) is 6.54 Å². The Bertz CT molecular complexity index is 690. The van der Waals surface area contributed by atoms with Crippen molar-refractivity contribution in [3.8, 4) is 5.75 Å². The van der Waals surface area contributed by atoms with Gasteiger partial charge in [0.05, 0.1) is 25.7 Å². The second-order valence-electron chi connectivity index (χ2n) is 5.20. The zero-order valence-corrected chi connectivity index (χ0v) is 12.5. The van der Waals surface area contributed by atoms with Gasteiger partial charge < -0.3 is 15.0 Å². The predicted octanol–water partition coefficient (Wildman–Crippen LogP) is 0.411. The van der Waals surface area contributed by atoms with E-state index in [0.717, 1.165) is 28.8 Å². The fourth-order valence-electron chi connectivity index (χ4n) is 2.59. The van der Waals surface area contributed by atoms with Crippen LogP contribution in [0.5, 0.6) is 5.75 Å². The molecule has 1 aromatic carbocycles. The smallest absolute Gasteiger partial charge is 0.275 e. The third-order valence-corrected chi connectivity index (χ3v) is 4.03. The maximum Gasteiger partial charge on any atom is 0.275 e. The molecule has 1 saturated heterocycles. The van der Waals surface area contributed by atoms with Crippen LogP contribution in [0.1, 0.15) is 5.56 Å². The van der Waals surface area contributed by atoms with Gasteiger partial charge in [0.25, 0.3) is 5.91 Å². The highest BCUT2D eigenvalue weighted by Gasteiger charge is 2.21. The first-order valence-corrected chi connectivity index (χ1v) is 7.27. The summed E-state index contributed by atoms with van der Waals surface area (Å²) >= 11 is 6.29. The fourth-order valence-corrected chi connectivity index (χ4v) is 2.81. The summed E-state index contributed by atoms with van der Waals surface area (Å²) in [5.41, 5.74) is 1.79. The van der Waals surface area contributed by atoms with Gasteiger partial charge in [-0.1, -0.05) is 11.6 Å². The number of carbonyl (C=O) groups excluding carboxylic acids is 1. The van der Waals surface area contributed by atoms with Crippen molar-refractivity contribution in [2.75, 3.05) is 26.7 Å². The summed E-state index contributed by atoms with van der Waals surface area (Å²) < 4.78 is 5.19. The molecular weight excluding hydrogens is 290 g/mol. The monoisotopic (exact) mass is 306 g/mol. The van der Waals surface area contributed by atoms with Crippen LogP contribution >= 0.6 is 11.6 Å². The van der Waals surface area contributed by atoms with Crippen LogP contribution in [-0.4, -0.2) is 37.6 Å². The third kappa shape index (κ3) is 3.09. The lowest BCUT2D eigenvalue weighted by Crippen LogP contribution is -3.14. The SMILES string of the molecule is COc1ccc2cc(C[NH+]3CCNC(=O)C3)c(Cl)nc2c1. The number of carbonyl (C=O) groups is 1. The Kier molecular flexibility index (Phi) is 3.94. The van der Waals surface area contributed by atoms with Crippen LogP contribution < -0.4 is 15.0 Å². The molecule has 0 saturated carbocycles. The zero-order valence-electron chi connectivity index (χ0n) is 11.8. The maximum absolute atomic E-state index is 11.4. The Morgan fingerprint density at radius 1 is 1.43 bits per heavy atom. The Morgan fingerprint density at radius 3 is 3.05 bits per heavy atom. The molecule has 2 heterocycles. The van der Waals surface area contributed by atoms with Crippen LogP contribution in [0.25, 0.3) is 10.9 Å². The molecule has 110 valence electrons. The molecule has 1 aromatic heterocycles. The molecule has 1 unspecified atom stereocenters. The number of rotatable bonds is 3. The van der Waals surface area contributed by atoms with E-state index in [0.29, 0.717) is 24.8 Å². The van der Waals surface area contributed by atoms with Crippen LogP contribution in [0, 0.1) is 0 Å². The lowest BCUT2D eigenvalue weighted by molar-refractivity contribution is -0.907. The average molecular weight is 307 g/mol. The maximum atomic E-state index is 11.4. The fraction of sp³-hybridized carbons (Fsp3) is 0.333. The Hall–Kier alpha value is -1.85. The van der Waals surface area contributed by atoms with Crippen LogP contribution in [0.4, 0.5) is 0 Å². The van der Waals surface area contributed by atoms with Crippen molar-refractivity contribution in [3.05, 3.63) is 35.0 Å². The van der Waals surface area contributed by atoms with Crippen molar-refractivity contribution in [3.63, 3.8) is 0 Å².